The van der Waals surface area contributed by atoms with Gasteiger partial charge in [0, 0.05) is 17.2 Å². The Balaban J connectivity index is 1.41. The third kappa shape index (κ3) is 8.35. The zero-order chi connectivity index (χ0) is 41.6. The van der Waals surface area contributed by atoms with Crippen LogP contribution in [0.2, 0.25) is 0 Å². The number of phenolic OH excluding ortho intramolecular Hbond substituents is 2. The summed E-state index contributed by atoms with van der Waals surface area (Å²) in [5, 5.41) is 115. The molecule has 57 heavy (non-hydrogen) atoms. The lowest BCUT2D eigenvalue weighted by molar-refractivity contribution is -0.345. The second-order valence-electron chi connectivity index (χ2n) is 14.6. The maximum atomic E-state index is 14.5. The van der Waals surface area contributed by atoms with Crippen LogP contribution in [0.3, 0.4) is 0 Å². The van der Waals surface area contributed by atoms with Crippen LogP contribution in [-0.4, -0.2) is 155 Å². The zero-order valence-electron chi connectivity index (χ0n) is 31.2. The Morgan fingerprint density at radius 3 is 1.98 bits per heavy atom. The summed E-state index contributed by atoms with van der Waals surface area (Å²) in [7, 11) is 0. The number of hydrogen-bond acceptors (Lipinski definition) is 19. The normalized spacial score (nSPS) is 35.8. The van der Waals surface area contributed by atoms with Crippen molar-refractivity contribution in [3.05, 3.63) is 57.8 Å². The van der Waals surface area contributed by atoms with Crippen molar-refractivity contribution < 1.29 is 89.0 Å². The number of aliphatic hydroxyl groups excluding tert-OH is 9. The molecule has 2 aromatic carbocycles. The van der Waals surface area contributed by atoms with Crippen LogP contribution in [0, 0.1) is 0 Å². The molecule has 11 N–H and O–H groups in total. The van der Waals surface area contributed by atoms with E-state index in [0.29, 0.717) is 0 Å². The third-order valence-corrected chi connectivity index (χ3v) is 10.2. The van der Waals surface area contributed by atoms with Crippen molar-refractivity contribution in [2.24, 2.45) is 0 Å². The summed E-state index contributed by atoms with van der Waals surface area (Å²) in [6.07, 6.45) is -21.8. The van der Waals surface area contributed by atoms with Crippen molar-refractivity contribution in [1.29, 1.82) is 0 Å². The molecule has 3 aromatic rings. The lowest BCUT2D eigenvalue weighted by atomic mass is 9.97. The monoisotopic (exact) mass is 808 g/mol. The van der Waals surface area contributed by atoms with Gasteiger partial charge >= 0.3 is 0 Å². The Kier molecular flexibility index (Phi) is 12.8. The van der Waals surface area contributed by atoms with Crippen LogP contribution in [0.5, 0.6) is 23.0 Å². The van der Waals surface area contributed by atoms with E-state index in [9.17, 15) is 61.0 Å². The van der Waals surface area contributed by atoms with Crippen LogP contribution < -0.4 is 14.9 Å². The number of ether oxygens (including phenoxy) is 6. The Hall–Kier alpha value is -3.93. The zero-order valence-corrected chi connectivity index (χ0v) is 31.2. The summed E-state index contributed by atoms with van der Waals surface area (Å²) in [4.78, 5) is 14.5. The maximum Gasteiger partial charge on any atom is 0.239 e. The van der Waals surface area contributed by atoms with Crippen molar-refractivity contribution in [1.82, 2.24) is 0 Å². The largest absolute Gasteiger partial charge is 0.508 e. The second kappa shape index (κ2) is 17.1. The van der Waals surface area contributed by atoms with Crippen molar-refractivity contribution in [2.45, 2.75) is 126 Å². The average molecular weight is 809 g/mol. The predicted octanol–water partition coefficient (Wildman–Crippen LogP) is -1.38. The topological polar surface area (TPSA) is 308 Å². The van der Waals surface area contributed by atoms with E-state index in [1.54, 1.807) is 19.9 Å². The molecule has 0 aliphatic carbocycles. The molecule has 314 valence electrons. The third-order valence-electron chi connectivity index (χ3n) is 10.2. The SMILES string of the molecule is CC(C)=CCc1c(O[C@@H]2O[C@H](CO)[C@@H](O)[C@@H](O)[C@H]2O)cc(O)c2c(=O)c(O[C@@H]3O[C@H](C)[C@H](O[C@@H]4O[C@H](C)[C@H](O)[C@@H](O)[C@H]4O)[C@@H](O)[C@H]3O)c(-c3ccc(O)cc3)oc12. The van der Waals surface area contributed by atoms with Gasteiger partial charge in [0.1, 0.15) is 89.3 Å². The van der Waals surface area contributed by atoms with Gasteiger partial charge in [-0.05, 0) is 58.4 Å². The number of aromatic hydroxyl groups is 2. The molecular weight excluding hydrogens is 760 g/mol. The van der Waals surface area contributed by atoms with Crippen LogP contribution in [0.4, 0.5) is 0 Å². The molecule has 0 amide bonds. The number of fused-ring (bicyclic) bond motifs is 1. The molecule has 3 fully saturated rings. The first-order valence-electron chi connectivity index (χ1n) is 18.2. The summed E-state index contributed by atoms with van der Waals surface area (Å²) in [5.41, 5.74) is -0.0876. The molecule has 3 aliphatic rings. The van der Waals surface area contributed by atoms with E-state index in [1.165, 1.54) is 38.1 Å². The Morgan fingerprint density at radius 1 is 0.737 bits per heavy atom. The molecule has 19 heteroatoms. The van der Waals surface area contributed by atoms with E-state index >= 15 is 0 Å². The maximum absolute atomic E-state index is 14.5. The summed E-state index contributed by atoms with van der Waals surface area (Å²) >= 11 is 0. The first-order chi connectivity index (χ1) is 26.9. The molecule has 0 saturated carbocycles. The molecule has 19 nitrogen and oxygen atoms in total. The number of benzene rings is 2. The smallest absolute Gasteiger partial charge is 0.239 e. The molecular formula is C38H48O19. The van der Waals surface area contributed by atoms with E-state index in [-0.39, 0.29) is 40.4 Å². The fourth-order valence-electron chi connectivity index (χ4n) is 6.85. The molecule has 0 bridgehead atoms. The Labute approximate surface area is 324 Å². The predicted molar refractivity (Wildman–Crippen MR) is 193 cm³/mol. The molecule has 0 spiro atoms. The summed E-state index contributed by atoms with van der Waals surface area (Å²) in [6.45, 7) is 5.72. The first-order valence-corrected chi connectivity index (χ1v) is 18.2. The van der Waals surface area contributed by atoms with Gasteiger partial charge in [0.2, 0.25) is 23.8 Å². The summed E-state index contributed by atoms with van der Waals surface area (Å²) < 4.78 is 40.9. The number of aliphatic hydroxyl groups is 9. The minimum absolute atomic E-state index is 0.00769. The van der Waals surface area contributed by atoms with E-state index < -0.39 is 121 Å². The van der Waals surface area contributed by atoms with Crippen LogP contribution in [0.1, 0.15) is 33.3 Å². The molecule has 1 aromatic heterocycles. The van der Waals surface area contributed by atoms with Crippen molar-refractivity contribution in [3.63, 3.8) is 0 Å². The van der Waals surface area contributed by atoms with Crippen LogP contribution in [-0.2, 0) is 25.4 Å². The van der Waals surface area contributed by atoms with E-state index in [0.717, 1.165) is 11.6 Å². The van der Waals surface area contributed by atoms with Crippen molar-refractivity contribution in [2.75, 3.05) is 6.61 Å². The quantitative estimate of drug-likeness (QED) is 0.105. The second-order valence-corrected chi connectivity index (χ2v) is 14.6. The number of phenols is 2. The standard InChI is InChI=1S/C38H48O19/c1-13(2)5-10-18-20(53-38-30(49)27(46)24(43)21(12-39)54-38)11-19(41)22-25(44)35(33(55-34(18)22)16-6-8-17(40)9-7-16)57-37-31(50)28(47)32(15(4)52-37)56-36-29(48)26(45)23(42)14(3)51-36/h5-9,11,14-15,21,23-24,26-32,36-43,45-50H,10,12H2,1-4H3/t14-,15-,21-,23+,24-,26-,27-,28+,29-,30-,31-,32+,36+,37+,38-/m1/s1. The highest BCUT2D eigenvalue weighted by Crippen LogP contribution is 2.42. The van der Waals surface area contributed by atoms with Crippen molar-refractivity contribution in [3.8, 4) is 34.3 Å². The highest BCUT2D eigenvalue weighted by atomic mass is 16.7. The van der Waals surface area contributed by atoms with E-state index in [2.05, 4.69) is 0 Å². The minimum Gasteiger partial charge on any atom is -0.508 e. The van der Waals surface area contributed by atoms with Crippen LogP contribution in [0.15, 0.2) is 51.2 Å². The summed E-state index contributed by atoms with van der Waals surface area (Å²) in [5.74, 6) is -1.90. The molecule has 3 saturated heterocycles. The van der Waals surface area contributed by atoms with Gasteiger partial charge < -0.3 is 89.0 Å². The first kappa shape index (κ1) is 42.7. The van der Waals surface area contributed by atoms with Gasteiger partial charge in [-0.1, -0.05) is 11.6 Å². The van der Waals surface area contributed by atoms with Gasteiger partial charge in [-0.15, -0.1) is 0 Å². The van der Waals surface area contributed by atoms with Gasteiger partial charge in [0.25, 0.3) is 0 Å². The molecule has 0 radical (unpaired) electrons. The fraction of sp³-hybridized carbons (Fsp3) is 0.553. The molecule has 0 unspecified atom stereocenters. The number of allylic oxidation sites excluding steroid dienone is 2. The van der Waals surface area contributed by atoms with E-state index in [4.69, 9.17) is 32.8 Å². The highest BCUT2D eigenvalue weighted by Gasteiger charge is 2.50. The molecule has 4 heterocycles. The lowest BCUT2D eigenvalue weighted by Gasteiger charge is -2.45. The Morgan fingerprint density at radius 2 is 1.33 bits per heavy atom. The van der Waals surface area contributed by atoms with Gasteiger partial charge in [0.15, 0.2) is 12.1 Å². The van der Waals surface area contributed by atoms with Crippen LogP contribution in [0.25, 0.3) is 22.3 Å². The van der Waals surface area contributed by atoms with Crippen molar-refractivity contribution >= 4 is 11.0 Å². The van der Waals surface area contributed by atoms with Gasteiger partial charge in [-0.2, -0.15) is 0 Å². The molecule has 15 atom stereocenters. The lowest BCUT2D eigenvalue weighted by Crippen LogP contribution is -2.63. The number of rotatable bonds is 10. The number of hydrogen-bond donors (Lipinski definition) is 11. The van der Waals surface area contributed by atoms with Gasteiger partial charge in [-0.3, -0.25) is 4.79 Å². The minimum atomic E-state index is -1.93. The highest BCUT2D eigenvalue weighted by molar-refractivity contribution is 5.91. The Bertz CT molecular complexity index is 1960. The molecule has 6 rings (SSSR count). The fourth-order valence-corrected chi connectivity index (χ4v) is 6.85. The average Bonchev–Trinajstić information content (AvgIpc) is 3.17. The summed E-state index contributed by atoms with van der Waals surface area (Å²) in [6, 6.07) is 6.40. The molecule has 3 aliphatic heterocycles. The van der Waals surface area contributed by atoms with E-state index in [1.807, 2.05) is 0 Å². The van der Waals surface area contributed by atoms with Gasteiger partial charge in [0.05, 0.1) is 18.8 Å². The van der Waals surface area contributed by atoms with Gasteiger partial charge in [-0.25, -0.2) is 0 Å². The van der Waals surface area contributed by atoms with Crippen LogP contribution >= 0.6 is 0 Å².